The Hall–Kier alpha value is -1.31. The van der Waals surface area contributed by atoms with E-state index in [2.05, 4.69) is 0 Å². The van der Waals surface area contributed by atoms with Gasteiger partial charge in [-0.05, 0) is 24.1 Å². The minimum absolute atomic E-state index is 0.141. The van der Waals surface area contributed by atoms with Gasteiger partial charge in [0.25, 0.3) is 0 Å². The summed E-state index contributed by atoms with van der Waals surface area (Å²) in [7, 11) is 0. The third-order valence-electron chi connectivity index (χ3n) is 2.37. The summed E-state index contributed by atoms with van der Waals surface area (Å²) in [6, 6.07) is 5.58. The van der Waals surface area contributed by atoms with Gasteiger partial charge in [0.2, 0.25) is 0 Å². The summed E-state index contributed by atoms with van der Waals surface area (Å²) in [5, 5.41) is 0. The highest BCUT2D eigenvalue weighted by Crippen LogP contribution is 2.27. The molecule has 0 saturated carbocycles. The van der Waals surface area contributed by atoms with Crippen molar-refractivity contribution < 1.29 is 4.79 Å². The second-order valence-electron chi connectivity index (χ2n) is 3.39. The quantitative estimate of drug-likeness (QED) is 0.588. The summed E-state index contributed by atoms with van der Waals surface area (Å²) in [5.74, 6) is 0.374. The van der Waals surface area contributed by atoms with E-state index in [1.165, 1.54) is 0 Å². The maximum atomic E-state index is 11.5. The Kier molecular flexibility index (Phi) is 1.43. The van der Waals surface area contributed by atoms with Crippen LogP contribution < -0.4 is 5.73 Å². The van der Waals surface area contributed by atoms with E-state index in [1.54, 1.807) is 6.07 Å². The normalized spacial score (nSPS) is 21.1. The monoisotopic (exact) mass is 161 g/mol. The maximum absolute atomic E-state index is 11.5. The molecule has 0 saturated heterocycles. The molecule has 0 fully saturated rings. The Labute approximate surface area is 71.4 Å². The predicted octanol–water partition coefficient (Wildman–Crippen LogP) is 1.64. The standard InChI is InChI=1S/C10H11NO/c1-6-4-7-2-3-8(11)5-9(7)10(6)12/h2-3,5-6H,4,11H2,1H3. The van der Waals surface area contributed by atoms with Crippen LogP contribution in [0, 0.1) is 5.92 Å². The van der Waals surface area contributed by atoms with Crippen molar-refractivity contribution in [3.05, 3.63) is 29.3 Å². The number of hydrogen-bond acceptors (Lipinski definition) is 2. The lowest BCUT2D eigenvalue weighted by Gasteiger charge is -1.97. The van der Waals surface area contributed by atoms with Gasteiger partial charge in [-0.15, -0.1) is 0 Å². The molecule has 1 atom stereocenters. The number of fused-ring (bicyclic) bond motifs is 1. The number of anilines is 1. The minimum Gasteiger partial charge on any atom is -0.399 e. The van der Waals surface area contributed by atoms with Crippen molar-refractivity contribution >= 4 is 11.5 Å². The fourth-order valence-corrected chi connectivity index (χ4v) is 1.69. The Morgan fingerprint density at radius 1 is 1.50 bits per heavy atom. The van der Waals surface area contributed by atoms with Gasteiger partial charge in [-0.3, -0.25) is 4.79 Å². The second kappa shape index (κ2) is 2.34. The highest BCUT2D eigenvalue weighted by Gasteiger charge is 2.26. The lowest BCUT2D eigenvalue weighted by molar-refractivity contribution is 0.0946. The minimum atomic E-state index is 0.141. The second-order valence-corrected chi connectivity index (χ2v) is 3.39. The first-order valence-corrected chi connectivity index (χ1v) is 4.11. The molecule has 1 aromatic rings. The molecular weight excluding hydrogens is 150 g/mol. The molecule has 0 amide bonds. The first-order valence-electron chi connectivity index (χ1n) is 4.11. The van der Waals surface area contributed by atoms with Gasteiger partial charge >= 0.3 is 0 Å². The van der Waals surface area contributed by atoms with Crippen LogP contribution in [0.5, 0.6) is 0 Å². The molecule has 0 radical (unpaired) electrons. The number of benzene rings is 1. The Bertz CT molecular complexity index is 344. The van der Waals surface area contributed by atoms with Gasteiger partial charge in [0.15, 0.2) is 5.78 Å². The van der Waals surface area contributed by atoms with Crippen molar-refractivity contribution in [1.82, 2.24) is 0 Å². The van der Waals surface area contributed by atoms with E-state index in [1.807, 2.05) is 19.1 Å². The first kappa shape index (κ1) is 7.35. The number of Topliss-reactive ketones (excluding diaryl/α,β-unsaturated/α-hetero) is 1. The molecule has 1 unspecified atom stereocenters. The molecule has 1 aliphatic rings. The predicted molar refractivity (Wildman–Crippen MR) is 48.1 cm³/mol. The third-order valence-corrected chi connectivity index (χ3v) is 2.37. The molecule has 12 heavy (non-hydrogen) atoms. The summed E-state index contributed by atoms with van der Waals surface area (Å²) in [5.41, 5.74) is 8.23. The molecule has 2 heteroatoms. The van der Waals surface area contributed by atoms with Crippen LogP contribution in [0.4, 0.5) is 5.69 Å². The van der Waals surface area contributed by atoms with Crippen molar-refractivity contribution in [2.24, 2.45) is 5.92 Å². The fraction of sp³-hybridized carbons (Fsp3) is 0.300. The number of ketones is 1. The molecule has 62 valence electrons. The summed E-state index contributed by atoms with van der Waals surface area (Å²) in [6.07, 6.45) is 0.869. The number of nitrogen functional groups attached to an aromatic ring is 1. The van der Waals surface area contributed by atoms with Gasteiger partial charge in [0.05, 0.1) is 0 Å². The van der Waals surface area contributed by atoms with E-state index in [0.29, 0.717) is 5.69 Å². The van der Waals surface area contributed by atoms with Gasteiger partial charge in [0, 0.05) is 17.2 Å². The number of carbonyl (C=O) groups excluding carboxylic acids is 1. The van der Waals surface area contributed by atoms with Gasteiger partial charge < -0.3 is 5.73 Å². The Balaban J connectivity index is 2.56. The molecule has 2 nitrogen and oxygen atoms in total. The largest absolute Gasteiger partial charge is 0.399 e. The number of rotatable bonds is 0. The SMILES string of the molecule is CC1Cc2ccc(N)cc2C1=O. The van der Waals surface area contributed by atoms with E-state index < -0.39 is 0 Å². The van der Waals surface area contributed by atoms with Crippen molar-refractivity contribution in [1.29, 1.82) is 0 Å². The summed E-state index contributed by atoms with van der Waals surface area (Å²) in [6.45, 7) is 1.96. The van der Waals surface area contributed by atoms with Crippen LogP contribution in [0.2, 0.25) is 0 Å². The molecule has 2 N–H and O–H groups in total. The van der Waals surface area contributed by atoms with Crippen LogP contribution in [0.1, 0.15) is 22.8 Å². The Morgan fingerprint density at radius 2 is 2.25 bits per heavy atom. The van der Waals surface area contributed by atoms with Crippen LogP contribution in [0.3, 0.4) is 0 Å². The van der Waals surface area contributed by atoms with Crippen molar-refractivity contribution in [3.8, 4) is 0 Å². The van der Waals surface area contributed by atoms with Crippen molar-refractivity contribution in [3.63, 3.8) is 0 Å². The lowest BCUT2D eigenvalue weighted by atomic mass is 10.1. The van der Waals surface area contributed by atoms with Gasteiger partial charge in [0.1, 0.15) is 0 Å². The van der Waals surface area contributed by atoms with Gasteiger partial charge in [-0.2, -0.15) is 0 Å². The maximum Gasteiger partial charge on any atom is 0.166 e. The van der Waals surface area contributed by atoms with Crippen LogP contribution in [-0.2, 0) is 6.42 Å². The third kappa shape index (κ3) is 0.916. The van der Waals surface area contributed by atoms with Gasteiger partial charge in [-0.1, -0.05) is 13.0 Å². The first-order chi connectivity index (χ1) is 5.68. The zero-order valence-electron chi connectivity index (χ0n) is 7.00. The smallest absolute Gasteiger partial charge is 0.166 e. The number of hydrogen-bond donors (Lipinski definition) is 1. The molecule has 2 rings (SSSR count). The zero-order valence-corrected chi connectivity index (χ0v) is 7.00. The zero-order chi connectivity index (χ0) is 8.72. The van der Waals surface area contributed by atoms with E-state index in [0.717, 1.165) is 17.5 Å². The molecule has 0 aliphatic heterocycles. The topological polar surface area (TPSA) is 43.1 Å². The number of nitrogens with two attached hydrogens (primary N) is 1. The average molecular weight is 161 g/mol. The summed E-state index contributed by atoms with van der Waals surface area (Å²) < 4.78 is 0. The molecule has 0 aromatic heterocycles. The van der Waals surface area contributed by atoms with Crippen molar-refractivity contribution in [2.45, 2.75) is 13.3 Å². The molecule has 1 aromatic carbocycles. The molecule has 1 aliphatic carbocycles. The van der Waals surface area contributed by atoms with E-state index >= 15 is 0 Å². The van der Waals surface area contributed by atoms with Crippen LogP contribution >= 0.6 is 0 Å². The summed E-state index contributed by atoms with van der Waals surface area (Å²) >= 11 is 0. The highest BCUT2D eigenvalue weighted by atomic mass is 16.1. The van der Waals surface area contributed by atoms with E-state index in [9.17, 15) is 4.79 Å². The molecule has 0 heterocycles. The van der Waals surface area contributed by atoms with Crippen LogP contribution in [0.15, 0.2) is 18.2 Å². The molecular formula is C10H11NO. The lowest BCUT2D eigenvalue weighted by Crippen LogP contribution is -2.03. The Morgan fingerprint density at radius 3 is 3.00 bits per heavy atom. The average Bonchev–Trinajstić information content (AvgIpc) is 2.31. The van der Waals surface area contributed by atoms with Crippen LogP contribution in [0.25, 0.3) is 0 Å². The van der Waals surface area contributed by atoms with Crippen molar-refractivity contribution in [2.75, 3.05) is 5.73 Å². The van der Waals surface area contributed by atoms with E-state index in [-0.39, 0.29) is 11.7 Å². The van der Waals surface area contributed by atoms with Gasteiger partial charge in [-0.25, -0.2) is 0 Å². The van der Waals surface area contributed by atoms with Crippen LogP contribution in [-0.4, -0.2) is 5.78 Å². The highest BCUT2D eigenvalue weighted by molar-refractivity contribution is 6.02. The molecule has 0 bridgehead atoms. The fourth-order valence-electron chi connectivity index (χ4n) is 1.69. The number of carbonyl (C=O) groups is 1. The molecule has 0 spiro atoms. The van der Waals surface area contributed by atoms with E-state index in [4.69, 9.17) is 5.73 Å². The summed E-state index contributed by atoms with van der Waals surface area (Å²) in [4.78, 5) is 11.5.